The van der Waals surface area contributed by atoms with E-state index >= 15 is 0 Å². The second kappa shape index (κ2) is 6.35. The minimum Gasteiger partial charge on any atom is -0.379 e. The minimum absolute atomic E-state index is 0.0117. The Hall–Kier alpha value is -2.30. The number of nitrogens with one attached hydrogen (secondary N) is 1. The van der Waals surface area contributed by atoms with Crippen LogP contribution in [0.15, 0.2) is 23.5 Å². The highest BCUT2D eigenvalue weighted by Crippen LogP contribution is 2.41. The fourth-order valence-corrected chi connectivity index (χ4v) is 6.50. The molecule has 10 heteroatoms. The summed E-state index contributed by atoms with van der Waals surface area (Å²) in [6, 6.07) is 2.89. The quantitative estimate of drug-likeness (QED) is 0.704. The zero-order valence-electron chi connectivity index (χ0n) is 16.3. The fourth-order valence-electron chi connectivity index (χ4n) is 4.65. The molecule has 0 saturated carbocycles. The molecule has 4 heterocycles. The van der Waals surface area contributed by atoms with Gasteiger partial charge in [-0.1, -0.05) is 0 Å². The van der Waals surface area contributed by atoms with E-state index in [2.05, 4.69) is 15.1 Å². The second-order valence-electron chi connectivity index (χ2n) is 7.92. The van der Waals surface area contributed by atoms with Crippen molar-refractivity contribution in [3.05, 3.63) is 29.8 Å². The topological polar surface area (TPSA) is 93.1 Å². The summed E-state index contributed by atoms with van der Waals surface area (Å²) in [5, 5.41) is 4.77. The van der Waals surface area contributed by atoms with Crippen molar-refractivity contribution in [2.24, 2.45) is 7.05 Å². The van der Waals surface area contributed by atoms with Gasteiger partial charge in [0.1, 0.15) is 17.2 Å². The van der Waals surface area contributed by atoms with E-state index < -0.39 is 21.4 Å². The number of fused-ring (bicyclic) bond motifs is 1. The highest BCUT2D eigenvalue weighted by atomic mass is 32.2. The molecule has 2 fully saturated rings. The van der Waals surface area contributed by atoms with Crippen molar-refractivity contribution in [3.63, 3.8) is 0 Å². The van der Waals surface area contributed by atoms with E-state index in [0.717, 1.165) is 12.8 Å². The van der Waals surface area contributed by atoms with Crippen molar-refractivity contribution >= 4 is 20.9 Å². The monoisotopic (exact) mass is 419 g/mol. The Bertz CT molecular complexity index is 1200. The summed E-state index contributed by atoms with van der Waals surface area (Å²) < 4.78 is 50.3. The summed E-state index contributed by atoms with van der Waals surface area (Å²) in [5.74, 6) is -0.0706. The minimum atomic E-state index is -3.83. The standard InChI is InChI=1S/C19H22FN5O3S/c1-12-8-14(20)17-13(16(12)18-21-11-24(2)23-18)9-15(22-17)29(26,27)25-6-3-4-19(25)5-7-28-10-19/h8-9,11,22H,3-7,10H2,1-2H3/t19-/m1/s1. The van der Waals surface area contributed by atoms with E-state index in [0.29, 0.717) is 48.5 Å². The summed E-state index contributed by atoms with van der Waals surface area (Å²) in [6.07, 6.45) is 3.81. The van der Waals surface area contributed by atoms with Crippen LogP contribution >= 0.6 is 0 Å². The predicted molar refractivity (Wildman–Crippen MR) is 104 cm³/mol. The third-order valence-corrected chi connectivity index (χ3v) is 7.97. The van der Waals surface area contributed by atoms with Crippen molar-refractivity contribution < 1.29 is 17.5 Å². The number of aromatic amines is 1. The van der Waals surface area contributed by atoms with E-state index in [-0.39, 0.29) is 10.5 Å². The Morgan fingerprint density at radius 1 is 1.31 bits per heavy atom. The number of benzene rings is 1. The molecule has 0 amide bonds. The average Bonchev–Trinajstić information content (AvgIpc) is 3.44. The maximum atomic E-state index is 14.7. The molecule has 29 heavy (non-hydrogen) atoms. The molecule has 2 aliphatic heterocycles. The number of H-pyrrole nitrogens is 1. The molecule has 3 aromatic rings. The first kappa shape index (κ1) is 18.7. The van der Waals surface area contributed by atoms with Crippen LogP contribution < -0.4 is 0 Å². The summed E-state index contributed by atoms with van der Waals surface area (Å²) in [6.45, 7) is 3.17. The van der Waals surface area contributed by atoms with Crippen LogP contribution in [0.25, 0.3) is 22.3 Å². The Labute approximate surface area is 167 Å². The molecule has 2 saturated heterocycles. The molecule has 0 aliphatic carbocycles. The maximum Gasteiger partial charge on any atom is 0.259 e. The Morgan fingerprint density at radius 3 is 2.83 bits per heavy atom. The first-order valence-electron chi connectivity index (χ1n) is 9.60. The lowest BCUT2D eigenvalue weighted by Gasteiger charge is -2.32. The van der Waals surface area contributed by atoms with Gasteiger partial charge in [0.15, 0.2) is 5.82 Å². The number of ether oxygens (including phenoxy) is 1. The second-order valence-corrected chi connectivity index (χ2v) is 9.75. The molecule has 0 unspecified atom stereocenters. The highest BCUT2D eigenvalue weighted by molar-refractivity contribution is 7.89. The van der Waals surface area contributed by atoms with Gasteiger partial charge < -0.3 is 9.72 Å². The highest BCUT2D eigenvalue weighted by Gasteiger charge is 2.50. The molecule has 1 aromatic carbocycles. The van der Waals surface area contributed by atoms with Gasteiger partial charge in [-0.15, -0.1) is 0 Å². The Balaban J connectivity index is 1.68. The molecule has 1 spiro atoms. The molecule has 154 valence electrons. The van der Waals surface area contributed by atoms with Crippen molar-refractivity contribution in [1.29, 1.82) is 0 Å². The third kappa shape index (κ3) is 2.73. The largest absolute Gasteiger partial charge is 0.379 e. The average molecular weight is 419 g/mol. The molecule has 1 N–H and O–H groups in total. The zero-order valence-corrected chi connectivity index (χ0v) is 17.1. The van der Waals surface area contributed by atoms with Crippen molar-refractivity contribution in [2.45, 2.75) is 36.8 Å². The van der Waals surface area contributed by atoms with Crippen LogP contribution in [-0.4, -0.2) is 57.8 Å². The van der Waals surface area contributed by atoms with E-state index in [1.807, 2.05) is 0 Å². The van der Waals surface area contributed by atoms with Gasteiger partial charge in [0.25, 0.3) is 10.0 Å². The van der Waals surface area contributed by atoms with E-state index in [4.69, 9.17) is 4.74 Å². The number of halogens is 1. The molecule has 8 nitrogen and oxygen atoms in total. The molecule has 5 rings (SSSR count). The molecular weight excluding hydrogens is 397 g/mol. The van der Waals surface area contributed by atoms with Gasteiger partial charge in [-0.2, -0.15) is 9.40 Å². The maximum absolute atomic E-state index is 14.7. The van der Waals surface area contributed by atoms with Crippen molar-refractivity contribution in [3.8, 4) is 11.4 Å². The van der Waals surface area contributed by atoms with Crippen LogP contribution in [0.2, 0.25) is 0 Å². The number of aromatic nitrogens is 4. The predicted octanol–water partition coefficient (Wildman–Crippen LogP) is 2.35. The fraction of sp³-hybridized carbons (Fsp3) is 0.474. The molecule has 0 bridgehead atoms. The van der Waals surface area contributed by atoms with Crippen LogP contribution in [0.5, 0.6) is 0 Å². The van der Waals surface area contributed by atoms with Gasteiger partial charge in [0.2, 0.25) is 0 Å². The third-order valence-electron chi connectivity index (χ3n) is 6.04. The van der Waals surface area contributed by atoms with Crippen molar-refractivity contribution in [1.82, 2.24) is 24.1 Å². The van der Waals surface area contributed by atoms with Gasteiger partial charge >= 0.3 is 0 Å². The lowest BCUT2D eigenvalue weighted by Crippen LogP contribution is -2.47. The van der Waals surface area contributed by atoms with E-state index in [1.165, 1.54) is 12.1 Å². The van der Waals surface area contributed by atoms with Gasteiger partial charge in [-0.05, 0) is 43.9 Å². The van der Waals surface area contributed by atoms with E-state index in [1.54, 1.807) is 29.3 Å². The van der Waals surface area contributed by atoms with Gasteiger partial charge in [-0.25, -0.2) is 17.8 Å². The number of nitrogens with zero attached hydrogens (tertiary/aromatic N) is 4. The first-order chi connectivity index (χ1) is 13.8. The van der Waals surface area contributed by atoms with Crippen LogP contribution in [-0.2, 0) is 21.8 Å². The van der Waals surface area contributed by atoms with Gasteiger partial charge in [-0.3, -0.25) is 4.68 Å². The van der Waals surface area contributed by atoms with Crippen LogP contribution in [0, 0.1) is 12.7 Å². The van der Waals surface area contributed by atoms with Gasteiger partial charge in [0.05, 0.1) is 17.7 Å². The molecule has 2 aliphatic rings. The van der Waals surface area contributed by atoms with Crippen molar-refractivity contribution in [2.75, 3.05) is 19.8 Å². The number of rotatable bonds is 3. The van der Waals surface area contributed by atoms with Crippen LogP contribution in [0.4, 0.5) is 4.39 Å². The molecule has 2 aromatic heterocycles. The first-order valence-corrected chi connectivity index (χ1v) is 11.0. The lowest BCUT2D eigenvalue weighted by atomic mass is 9.97. The van der Waals surface area contributed by atoms with Crippen LogP contribution in [0.3, 0.4) is 0 Å². The SMILES string of the molecule is Cc1cc(F)c2[nH]c(S(=O)(=O)N3CCC[C@]34CCOC4)cc2c1-c1ncn(C)n1. The number of hydrogen-bond acceptors (Lipinski definition) is 5. The number of sulfonamides is 1. The number of hydrogen-bond donors (Lipinski definition) is 1. The molecule has 1 atom stereocenters. The summed E-state index contributed by atoms with van der Waals surface area (Å²) in [5.41, 5.74) is 0.925. The van der Waals surface area contributed by atoms with E-state index in [9.17, 15) is 12.8 Å². The zero-order chi connectivity index (χ0) is 20.4. The molecular formula is C19H22FN5O3S. The summed E-state index contributed by atoms with van der Waals surface area (Å²) in [7, 11) is -2.08. The Kier molecular flexibility index (Phi) is 4.10. The Morgan fingerprint density at radius 2 is 2.14 bits per heavy atom. The summed E-state index contributed by atoms with van der Waals surface area (Å²) >= 11 is 0. The van der Waals surface area contributed by atoms with Crippen LogP contribution in [0.1, 0.15) is 24.8 Å². The number of aryl methyl sites for hydroxylation is 2. The summed E-state index contributed by atoms with van der Waals surface area (Å²) in [4.78, 5) is 7.10. The lowest BCUT2D eigenvalue weighted by molar-refractivity contribution is 0.147. The van der Waals surface area contributed by atoms with Gasteiger partial charge in [0, 0.05) is 31.1 Å². The smallest absolute Gasteiger partial charge is 0.259 e. The molecule has 0 radical (unpaired) electrons. The normalized spacial score (nSPS) is 23.0.